The molecule has 2 aliphatic rings. The normalized spacial score (nSPS) is 33.5. The summed E-state index contributed by atoms with van der Waals surface area (Å²) in [6, 6.07) is -1.04. The second kappa shape index (κ2) is 4.43. The average Bonchev–Trinajstić information content (AvgIpc) is 2.55. The maximum absolute atomic E-state index is 11.3. The Kier molecular flexibility index (Phi) is 3.28. The van der Waals surface area contributed by atoms with Gasteiger partial charge in [0.05, 0.1) is 24.4 Å². The SMILES string of the molecule is CS(=O)(=O)N[C@H]1CN(C(N)=O)[C@@H]2CCCO[C@H]12. The van der Waals surface area contributed by atoms with Gasteiger partial charge >= 0.3 is 6.03 Å². The molecule has 0 radical (unpaired) electrons. The summed E-state index contributed by atoms with van der Waals surface area (Å²) in [5, 5.41) is 0. The van der Waals surface area contributed by atoms with Crippen LogP contribution >= 0.6 is 0 Å². The molecule has 2 amide bonds. The van der Waals surface area contributed by atoms with Crippen molar-refractivity contribution in [1.29, 1.82) is 0 Å². The number of hydrogen-bond acceptors (Lipinski definition) is 4. The minimum Gasteiger partial charge on any atom is -0.374 e. The van der Waals surface area contributed by atoms with E-state index in [1.807, 2.05) is 0 Å². The van der Waals surface area contributed by atoms with E-state index >= 15 is 0 Å². The molecule has 3 atom stereocenters. The highest BCUT2D eigenvalue weighted by Crippen LogP contribution is 2.28. The molecule has 0 spiro atoms. The van der Waals surface area contributed by atoms with Crippen molar-refractivity contribution < 1.29 is 17.9 Å². The van der Waals surface area contributed by atoms with Crippen molar-refractivity contribution in [3.8, 4) is 0 Å². The quantitative estimate of drug-likeness (QED) is 0.656. The number of rotatable bonds is 2. The number of fused-ring (bicyclic) bond motifs is 1. The highest BCUT2D eigenvalue weighted by atomic mass is 32.2. The molecule has 2 saturated heterocycles. The van der Waals surface area contributed by atoms with Gasteiger partial charge < -0.3 is 15.4 Å². The molecule has 0 aromatic heterocycles. The van der Waals surface area contributed by atoms with Crippen LogP contribution in [-0.2, 0) is 14.8 Å². The minimum absolute atomic E-state index is 0.111. The summed E-state index contributed by atoms with van der Waals surface area (Å²) in [6.07, 6.45) is 2.47. The van der Waals surface area contributed by atoms with Gasteiger partial charge in [-0.15, -0.1) is 0 Å². The molecular formula is C9H17N3O4S. The van der Waals surface area contributed by atoms with Crippen molar-refractivity contribution in [2.24, 2.45) is 5.73 Å². The van der Waals surface area contributed by atoms with Gasteiger partial charge in [-0.2, -0.15) is 0 Å². The lowest BCUT2D eigenvalue weighted by Crippen LogP contribution is -2.47. The first-order chi connectivity index (χ1) is 7.88. The lowest BCUT2D eigenvalue weighted by Gasteiger charge is -2.31. The van der Waals surface area contributed by atoms with Gasteiger partial charge in [0.1, 0.15) is 0 Å². The number of hydrogen-bond donors (Lipinski definition) is 2. The van der Waals surface area contributed by atoms with E-state index in [2.05, 4.69) is 4.72 Å². The van der Waals surface area contributed by atoms with Crippen LogP contribution in [0.15, 0.2) is 0 Å². The molecule has 2 fully saturated rings. The first-order valence-electron chi connectivity index (χ1n) is 5.53. The molecule has 0 bridgehead atoms. The summed E-state index contributed by atoms with van der Waals surface area (Å²) in [5.41, 5.74) is 5.28. The second-order valence-electron chi connectivity index (χ2n) is 4.53. The van der Waals surface area contributed by atoms with E-state index in [1.54, 1.807) is 0 Å². The van der Waals surface area contributed by atoms with Crippen LogP contribution in [0.5, 0.6) is 0 Å². The van der Waals surface area contributed by atoms with Crippen LogP contribution in [0.25, 0.3) is 0 Å². The predicted octanol–water partition coefficient (Wildman–Crippen LogP) is -1.15. The number of urea groups is 1. The predicted molar refractivity (Wildman–Crippen MR) is 60.8 cm³/mol. The Morgan fingerprint density at radius 3 is 2.82 bits per heavy atom. The monoisotopic (exact) mass is 263 g/mol. The maximum Gasteiger partial charge on any atom is 0.315 e. The van der Waals surface area contributed by atoms with E-state index in [0.717, 1.165) is 19.1 Å². The number of primary amides is 1. The highest BCUT2D eigenvalue weighted by Gasteiger charge is 2.46. The molecule has 2 aliphatic heterocycles. The van der Waals surface area contributed by atoms with Gasteiger partial charge in [-0.25, -0.2) is 17.9 Å². The number of carbonyl (C=O) groups excluding carboxylic acids is 1. The molecule has 3 N–H and O–H groups in total. The summed E-state index contributed by atoms with van der Waals surface area (Å²) in [4.78, 5) is 12.8. The molecule has 17 heavy (non-hydrogen) atoms. The Labute approximate surface area is 100 Å². The van der Waals surface area contributed by atoms with Crippen molar-refractivity contribution in [2.45, 2.75) is 31.0 Å². The Bertz CT molecular complexity index is 410. The smallest absolute Gasteiger partial charge is 0.315 e. The molecule has 8 heteroatoms. The van der Waals surface area contributed by atoms with Gasteiger partial charge in [0.2, 0.25) is 10.0 Å². The van der Waals surface area contributed by atoms with Gasteiger partial charge in [-0.3, -0.25) is 0 Å². The standard InChI is InChI=1S/C9H17N3O4S/c1-17(14,15)11-6-5-12(9(10)13)7-3-2-4-16-8(6)7/h6-8,11H,2-5H2,1H3,(H2,10,13)/t6-,7+,8+/m0/s1. The molecule has 98 valence electrons. The number of amides is 2. The molecular weight excluding hydrogens is 246 g/mol. The summed E-state index contributed by atoms with van der Waals surface area (Å²) < 4.78 is 30.5. The fourth-order valence-corrected chi connectivity index (χ4v) is 3.35. The number of sulfonamides is 1. The third-order valence-corrected chi connectivity index (χ3v) is 3.90. The van der Waals surface area contributed by atoms with Crippen LogP contribution in [0.1, 0.15) is 12.8 Å². The van der Waals surface area contributed by atoms with Crippen molar-refractivity contribution >= 4 is 16.1 Å². The lowest BCUT2D eigenvalue weighted by molar-refractivity contribution is -0.0119. The van der Waals surface area contributed by atoms with E-state index < -0.39 is 22.1 Å². The number of carbonyl (C=O) groups is 1. The Morgan fingerprint density at radius 2 is 2.24 bits per heavy atom. The van der Waals surface area contributed by atoms with Crippen molar-refractivity contribution in [3.05, 3.63) is 0 Å². The molecule has 0 unspecified atom stereocenters. The summed E-state index contributed by atoms with van der Waals surface area (Å²) >= 11 is 0. The van der Waals surface area contributed by atoms with Crippen LogP contribution in [0, 0.1) is 0 Å². The Balaban J connectivity index is 2.16. The maximum atomic E-state index is 11.3. The number of nitrogens with one attached hydrogen (secondary N) is 1. The van der Waals surface area contributed by atoms with Gasteiger partial charge in [0.25, 0.3) is 0 Å². The zero-order chi connectivity index (χ0) is 12.6. The summed E-state index contributed by atoms with van der Waals surface area (Å²) in [5.74, 6) is 0. The zero-order valence-corrected chi connectivity index (χ0v) is 10.4. The molecule has 2 heterocycles. The van der Waals surface area contributed by atoms with E-state index in [4.69, 9.17) is 10.5 Å². The van der Waals surface area contributed by atoms with Gasteiger partial charge in [-0.05, 0) is 12.8 Å². The number of ether oxygens (including phenoxy) is 1. The van der Waals surface area contributed by atoms with Gasteiger partial charge in [0.15, 0.2) is 0 Å². The van der Waals surface area contributed by atoms with Crippen LogP contribution in [0.3, 0.4) is 0 Å². The molecule has 2 rings (SSSR count). The Hall–Kier alpha value is -0.860. The summed E-state index contributed by atoms with van der Waals surface area (Å²) in [7, 11) is -3.32. The second-order valence-corrected chi connectivity index (χ2v) is 6.31. The van der Waals surface area contributed by atoms with Crippen molar-refractivity contribution in [2.75, 3.05) is 19.4 Å². The Morgan fingerprint density at radius 1 is 1.53 bits per heavy atom. The molecule has 0 aromatic carbocycles. The van der Waals surface area contributed by atoms with Gasteiger partial charge in [0, 0.05) is 13.2 Å². The topological polar surface area (TPSA) is 102 Å². The minimum atomic E-state index is -3.32. The fourth-order valence-electron chi connectivity index (χ4n) is 2.59. The first-order valence-corrected chi connectivity index (χ1v) is 7.42. The molecule has 0 saturated carbocycles. The van der Waals surface area contributed by atoms with Crippen LogP contribution in [0.2, 0.25) is 0 Å². The van der Waals surface area contributed by atoms with Crippen LogP contribution in [0.4, 0.5) is 4.79 Å². The number of nitrogens with zero attached hydrogens (tertiary/aromatic N) is 1. The molecule has 0 aliphatic carbocycles. The van der Waals surface area contributed by atoms with E-state index in [-0.39, 0.29) is 18.7 Å². The fraction of sp³-hybridized carbons (Fsp3) is 0.889. The zero-order valence-electron chi connectivity index (χ0n) is 9.63. The van der Waals surface area contributed by atoms with Crippen molar-refractivity contribution in [1.82, 2.24) is 9.62 Å². The third kappa shape index (κ3) is 2.70. The van der Waals surface area contributed by atoms with E-state index in [9.17, 15) is 13.2 Å². The highest BCUT2D eigenvalue weighted by molar-refractivity contribution is 7.88. The molecule has 7 nitrogen and oxygen atoms in total. The van der Waals surface area contributed by atoms with E-state index in [1.165, 1.54) is 4.90 Å². The lowest BCUT2D eigenvalue weighted by atomic mass is 10.0. The van der Waals surface area contributed by atoms with E-state index in [0.29, 0.717) is 6.61 Å². The van der Waals surface area contributed by atoms with Crippen LogP contribution in [-0.4, -0.2) is 56.9 Å². The summed E-state index contributed by atoms with van der Waals surface area (Å²) in [6.45, 7) is 0.868. The first kappa shape index (κ1) is 12.6. The third-order valence-electron chi connectivity index (χ3n) is 3.17. The van der Waals surface area contributed by atoms with Crippen molar-refractivity contribution in [3.63, 3.8) is 0 Å². The number of likely N-dealkylation sites (tertiary alicyclic amines) is 1. The number of nitrogens with two attached hydrogens (primary N) is 1. The average molecular weight is 263 g/mol. The largest absolute Gasteiger partial charge is 0.374 e. The van der Waals surface area contributed by atoms with Gasteiger partial charge in [-0.1, -0.05) is 0 Å². The van der Waals surface area contributed by atoms with Crippen LogP contribution < -0.4 is 10.5 Å². The molecule has 0 aromatic rings.